The van der Waals surface area contributed by atoms with Crippen LogP contribution in [0, 0.1) is 10.1 Å². The SMILES string of the molecule is CNC(=O)c1ccccc1NC(=O)[C@H](C)Oc1ccccc1[N+](=O)[O-]. The molecule has 0 aromatic heterocycles. The lowest BCUT2D eigenvalue weighted by Crippen LogP contribution is -2.31. The fraction of sp³-hybridized carbons (Fsp3) is 0.176. The number of carbonyl (C=O) groups is 2. The summed E-state index contributed by atoms with van der Waals surface area (Å²) in [6.07, 6.45) is -1.00. The highest BCUT2D eigenvalue weighted by atomic mass is 16.6. The topological polar surface area (TPSA) is 111 Å². The Kier molecular flexibility index (Phi) is 5.67. The highest BCUT2D eigenvalue weighted by Gasteiger charge is 2.22. The van der Waals surface area contributed by atoms with Gasteiger partial charge < -0.3 is 15.4 Å². The Balaban J connectivity index is 2.15. The molecule has 2 aromatic rings. The van der Waals surface area contributed by atoms with E-state index in [1.165, 1.54) is 32.2 Å². The first-order valence-electron chi connectivity index (χ1n) is 7.46. The molecule has 0 fully saturated rings. The van der Waals surface area contributed by atoms with Crippen LogP contribution in [0.4, 0.5) is 11.4 Å². The normalized spacial score (nSPS) is 11.3. The summed E-state index contributed by atoms with van der Waals surface area (Å²) in [6.45, 7) is 1.47. The highest BCUT2D eigenvalue weighted by Crippen LogP contribution is 2.27. The quantitative estimate of drug-likeness (QED) is 0.618. The molecule has 0 saturated carbocycles. The number of nitro benzene ring substituents is 1. The van der Waals surface area contributed by atoms with Crippen molar-refractivity contribution in [2.24, 2.45) is 0 Å². The molecule has 2 N–H and O–H groups in total. The highest BCUT2D eigenvalue weighted by molar-refractivity contribution is 6.04. The smallest absolute Gasteiger partial charge is 0.310 e. The van der Waals surface area contributed by atoms with E-state index < -0.39 is 16.9 Å². The number of nitrogens with zero attached hydrogens (tertiary/aromatic N) is 1. The predicted octanol–water partition coefficient (Wildman–Crippen LogP) is 2.36. The van der Waals surface area contributed by atoms with Gasteiger partial charge in [0.05, 0.1) is 16.2 Å². The number of rotatable bonds is 6. The van der Waals surface area contributed by atoms with Gasteiger partial charge in [-0.25, -0.2) is 0 Å². The van der Waals surface area contributed by atoms with E-state index in [1.54, 1.807) is 30.3 Å². The fourth-order valence-electron chi connectivity index (χ4n) is 2.11. The van der Waals surface area contributed by atoms with Crippen LogP contribution in [0.25, 0.3) is 0 Å². The van der Waals surface area contributed by atoms with Gasteiger partial charge in [-0.1, -0.05) is 24.3 Å². The van der Waals surface area contributed by atoms with Crippen molar-refractivity contribution in [1.82, 2.24) is 5.32 Å². The van der Waals surface area contributed by atoms with E-state index in [0.717, 1.165) is 0 Å². The molecule has 0 bridgehead atoms. The van der Waals surface area contributed by atoms with E-state index in [2.05, 4.69) is 10.6 Å². The molecule has 0 unspecified atom stereocenters. The Morgan fingerprint density at radius 1 is 1.12 bits per heavy atom. The lowest BCUT2D eigenvalue weighted by atomic mass is 10.1. The van der Waals surface area contributed by atoms with Gasteiger partial charge in [-0.05, 0) is 25.1 Å². The Hall–Kier alpha value is -3.42. The summed E-state index contributed by atoms with van der Waals surface area (Å²) in [7, 11) is 1.49. The minimum absolute atomic E-state index is 0.00487. The number of amides is 2. The van der Waals surface area contributed by atoms with Gasteiger partial charge in [-0.3, -0.25) is 19.7 Å². The van der Waals surface area contributed by atoms with E-state index >= 15 is 0 Å². The maximum atomic E-state index is 12.3. The van der Waals surface area contributed by atoms with Crippen LogP contribution in [0.15, 0.2) is 48.5 Å². The van der Waals surface area contributed by atoms with Crippen LogP contribution in [0.2, 0.25) is 0 Å². The first-order chi connectivity index (χ1) is 11.9. The molecule has 0 heterocycles. The first-order valence-corrected chi connectivity index (χ1v) is 7.46. The van der Waals surface area contributed by atoms with E-state index in [1.807, 2.05) is 0 Å². The van der Waals surface area contributed by atoms with Gasteiger partial charge in [0.25, 0.3) is 11.8 Å². The first kappa shape index (κ1) is 17.9. The van der Waals surface area contributed by atoms with Crippen molar-refractivity contribution in [3.05, 3.63) is 64.2 Å². The molecule has 2 rings (SSSR count). The summed E-state index contributed by atoms with van der Waals surface area (Å²) in [5.41, 5.74) is 0.397. The van der Waals surface area contributed by atoms with Gasteiger partial charge in [-0.15, -0.1) is 0 Å². The molecule has 2 aromatic carbocycles. The number of nitro groups is 1. The number of hydrogen-bond donors (Lipinski definition) is 2. The van der Waals surface area contributed by atoms with E-state index in [-0.39, 0.29) is 17.3 Å². The average Bonchev–Trinajstić information content (AvgIpc) is 2.61. The zero-order valence-corrected chi connectivity index (χ0v) is 13.7. The van der Waals surface area contributed by atoms with Gasteiger partial charge in [0.1, 0.15) is 0 Å². The number of hydrogen-bond acceptors (Lipinski definition) is 5. The van der Waals surface area contributed by atoms with Crippen molar-refractivity contribution in [2.45, 2.75) is 13.0 Å². The third kappa shape index (κ3) is 4.31. The fourth-order valence-corrected chi connectivity index (χ4v) is 2.11. The van der Waals surface area contributed by atoms with Crippen molar-refractivity contribution >= 4 is 23.2 Å². The summed E-state index contributed by atoms with van der Waals surface area (Å²) < 4.78 is 5.41. The van der Waals surface area contributed by atoms with E-state index in [9.17, 15) is 19.7 Å². The largest absolute Gasteiger partial charge is 0.474 e. The molecule has 130 valence electrons. The zero-order valence-electron chi connectivity index (χ0n) is 13.7. The Morgan fingerprint density at radius 3 is 2.44 bits per heavy atom. The maximum Gasteiger partial charge on any atom is 0.310 e. The Morgan fingerprint density at radius 2 is 1.76 bits per heavy atom. The van der Waals surface area contributed by atoms with Gasteiger partial charge in [0, 0.05) is 13.1 Å². The molecule has 2 amide bonds. The molecule has 0 spiro atoms. The molecule has 1 atom stereocenters. The average molecular weight is 343 g/mol. The molecular formula is C17H17N3O5. The van der Waals surface area contributed by atoms with Crippen molar-refractivity contribution in [3.63, 3.8) is 0 Å². The molecule has 0 aliphatic rings. The number of benzene rings is 2. The number of nitrogens with one attached hydrogen (secondary N) is 2. The van der Waals surface area contributed by atoms with Crippen molar-refractivity contribution in [3.8, 4) is 5.75 Å². The summed E-state index contributed by atoms with van der Waals surface area (Å²) in [5, 5.41) is 16.1. The predicted molar refractivity (Wildman–Crippen MR) is 91.6 cm³/mol. The molecular weight excluding hydrogens is 326 g/mol. The second kappa shape index (κ2) is 7.91. The van der Waals surface area contributed by atoms with Gasteiger partial charge >= 0.3 is 5.69 Å². The monoisotopic (exact) mass is 343 g/mol. The second-order valence-corrected chi connectivity index (χ2v) is 5.10. The molecule has 25 heavy (non-hydrogen) atoms. The molecule has 0 aliphatic carbocycles. The van der Waals surface area contributed by atoms with Crippen molar-refractivity contribution in [1.29, 1.82) is 0 Å². The van der Waals surface area contributed by atoms with Gasteiger partial charge in [0.15, 0.2) is 11.9 Å². The van der Waals surface area contributed by atoms with Crippen molar-refractivity contribution < 1.29 is 19.2 Å². The summed E-state index contributed by atoms with van der Waals surface area (Å²) in [6, 6.07) is 12.3. The van der Waals surface area contributed by atoms with Gasteiger partial charge in [0.2, 0.25) is 0 Å². The molecule has 0 saturated heterocycles. The van der Waals surface area contributed by atoms with Crippen molar-refractivity contribution in [2.75, 3.05) is 12.4 Å². The number of anilines is 1. The van der Waals surface area contributed by atoms with E-state index in [0.29, 0.717) is 11.3 Å². The van der Waals surface area contributed by atoms with Gasteiger partial charge in [-0.2, -0.15) is 0 Å². The van der Waals surface area contributed by atoms with Crippen LogP contribution < -0.4 is 15.4 Å². The maximum absolute atomic E-state index is 12.3. The summed E-state index contributed by atoms with van der Waals surface area (Å²) >= 11 is 0. The minimum atomic E-state index is -1.00. The number of carbonyl (C=O) groups excluding carboxylic acids is 2. The van der Waals surface area contributed by atoms with Crippen LogP contribution in [0.1, 0.15) is 17.3 Å². The van der Waals surface area contributed by atoms with Crippen LogP contribution in [-0.2, 0) is 4.79 Å². The molecule has 8 heteroatoms. The van der Waals surface area contributed by atoms with Crippen LogP contribution >= 0.6 is 0 Å². The standard InChI is InChI=1S/C17H17N3O5/c1-11(25-15-10-6-5-9-14(15)20(23)24)16(21)19-13-8-4-3-7-12(13)17(22)18-2/h3-11H,1-2H3,(H,18,22)(H,19,21)/t11-/m0/s1. The number of ether oxygens (including phenoxy) is 1. The number of para-hydroxylation sites is 3. The molecule has 8 nitrogen and oxygen atoms in total. The molecule has 0 radical (unpaired) electrons. The lowest BCUT2D eigenvalue weighted by molar-refractivity contribution is -0.386. The Bertz CT molecular complexity index is 806. The van der Waals surface area contributed by atoms with Crippen LogP contribution in [0.3, 0.4) is 0 Å². The van der Waals surface area contributed by atoms with E-state index in [4.69, 9.17) is 4.74 Å². The zero-order chi connectivity index (χ0) is 18.4. The van der Waals surface area contributed by atoms with Crippen LogP contribution in [0.5, 0.6) is 5.75 Å². The summed E-state index contributed by atoms with van der Waals surface area (Å²) in [5.74, 6) is -0.882. The second-order valence-electron chi connectivity index (χ2n) is 5.10. The third-order valence-electron chi connectivity index (χ3n) is 3.39. The Labute approximate surface area is 144 Å². The lowest BCUT2D eigenvalue weighted by Gasteiger charge is -2.16. The summed E-state index contributed by atoms with van der Waals surface area (Å²) in [4.78, 5) is 34.6. The minimum Gasteiger partial charge on any atom is -0.474 e. The molecule has 0 aliphatic heterocycles. The van der Waals surface area contributed by atoms with Crippen LogP contribution in [-0.4, -0.2) is 29.9 Å². The third-order valence-corrected chi connectivity index (χ3v) is 3.39.